The van der Waals surface area contributed by atoms with E-state index in [1.165, 1.54) is 0 Å². The normalized spacial score (nSPS) is 13.9. The second-order valence-electron chi connectivity index (χ2n) is 4.20. The van der Waals surface area contributed by atoms with Gasteiger partial charge in [0.15, 0.2) is 0 Å². The SMILES string of the molecule is CNC(CCc1cnn(C)c1)CCC(F)(F)F. The largest absolute Gasteiger partial charge is 0.389 e. The molecule has 0 saturated heterocycles. The lowest BCUT2D eigenvalue weighted by Crippen LogP contribution is -2.27. The highest BCUT2D eigenvalue weighted by atomic mass is 19.4. The van der Waals surface area contributed by atoms with Crippen LogP contribution >= 0.6 is 0 Å². The number of aryl methyl sites for hydroxylation is 2. The summed E-state index contributed by atoms with van der Waals surface area (Å²) >= 11 is 0. The van der Waals surface area contributed by atoms with Crippen LogP contribution in [0.4, 0.5) is 13.2 Å². The van der Waals surface area contributed by atoms with Crippen LogP contribution in [0.2, 0.25) is 0 Å². The molecule has 0 aliphatic carbocycles. The molecule has 0 aromatic carbocycles. The van der Waals surface area contributed by atoms with Gasteiger partial charge in [-0.25, -0.2) is 0 Å². The lowest BCUT2D eigenvalue weighted by Gasteiger charge is -2.16. The van der Waals surface area contributed by atoms with Gasteiger partial charge in [-0.2, -0.15) is 18.3 Å². The van der Waals surface area contributed by atoms with Crippen molar-refractivity contribution >= 4 is 0 Å². The maximum atomic E-state index is 12.1. The first-order chi connectivity index (χ1) is 7.90. The van der Waals surface area contributed by atoms with E-state index < -0.39 is 12.6 Å². The van der Waals surface area contributed by atoms with Crippen molar-refractivity contribution in [2.75, 3.05) is 7.05 Å². The molecule has 6 heteroatoms. The monoisotopic (exact) mass is 249 g/mol. The molecule has 1 aromatic heterocycles. The zero-order valence-corrected chi connectivity index (χ0v) is 10.1. The molecule has 0 spiro atoms. The summed E-state index contributed by atoms with van der Waals surface area (Å²) < 4.78 is 37.9. The molecule has 0 aliphatic rings. The minimum absolute atomic E-state index is 0.100. The van der Waals surface area contributed by atoms with E-state index in [0.29, 0.717) is 6.42 Å². The van der Waals surface area contributed by atoms with Crippen LogP contribution in [-0.2, 0) is 13.5 Å². The molecule has 1 rings (SSSR count). The minimum atomic E-state index is -4.07. The van der Waals surface area contributed by atoms with Crippen molar-refractivity contribution in [2.45, 2.75) is 37.9 Å². The first-order valence-corrected chi connectivity index (χ1v) is 5.62. The summed E-state index contributed by atoms with van der Waals surface area (Å²) in [6.07, 6.45) is 0.400. The third-order valence-corrected chi connectivity index (χ3v) is 2.72. The van der Waals surface area contributed by atoms with Crippen molar-refractivity contribution < 1.29 is 13.2 Å². The number of hydrogen-bond donors (Lipinski definition) is 1. The summed E-state index contributed by atoms with van der Waals surface area (Å²) in [7, 11) is 3.52. The lowest BCUT2D eigenvalue weighted by atomic mass is 10.0. The summed E-state index contributed by atoms with van der Waals surface area (Å²) in [6.45, 7) is 0. The molecule has 0 aliphatic heterocycles. The summed E-state index contributed by atoms with van der Waals surface area (Å²) in [5, 5.41) is 6.95. The highest BCUT2D eigenvalue weighted by Crippen LogP contribution is 2.23. The Morgan fingerprint density at radius 3 is 2.59 bits per heavy atom. The summed E-state index contributed by atoms with van der Waals surface area (Å²) in [6, 6.07) is -0.100. The van der Waals surface area contributed by atoms with Crippen molar-refractivity contribution in [3.8, 4) is 0 Å². The standard InChI is InChI=1S/C11H18F3N3/c1-15-10(5-6-11(12,13)14)4-3-9-7-16-17(2)8-9/h7-8,10,15H,3-6H2,1-2H3. The number of alkyl halides is 3. The van der Waals surface area contributed by atoms with E-state index in [1.807, 2.05) is 13.2 Å². The average molecular weight is 249 g/mol. The van der Waals surface area contributed by atoms with Gasteiger partial charge in [-0.15, -0.1) is 0 Å². The Morgan fingerprint density at radius 1 is 1.41 bits per heavy atom. The number of hydrogen-bond acceptors (Lipinski definition) is 2. The molecular formula is C11H18F3N3. The molecule has 3 nitrogen and oxygen atoms in total. The van der Waals surface area contributed by atoms with Crippen LogP contribution in [0.5, 0.6) is 0 Å². The smallest absolute Gasteiger partial charge is 0.317 e. The van der Waals surface area contributed by atoms with E-state index in [-0.39, 0.29) is 12.5 Å². The maximum absolute atomic E-state index is 12.1. The second kappa shape index (κ2) is 6.05. The zero-order valence-electron chi connectivity index (χ0n) is 10.1. The Labute approximate surface area is 99.0 Å². The number of nitrogens with zero attached hydrogens (tertiary/aromatic N) is 2. The van der Waals surface area contributed by atoms with Gasteiger partial charge in [0.25, 0.3) is 0 Å². The van der Waals surface area contributed by atoms with Crippen LogP contribution in [0, 0.1) is 0 Å². The fourth-order valence-corrected chi connectivity index (χ4v) is 1.71. The molecule has 1 unspecified atom stereocenters. The van der Waals surface area contributed by atoms with E-state index in [1.54, 1.807) is 17.9 Å². The van der Waals surface area contributed by atoms with Gasteiger partial charge in [-0.05, 0) is 31.9 Å². The maximum Gasteiger partial charge on any atom is 0.389 e. The zero-order chi connectivity index (χ0) is 12.9. The van der Waals surface area contributed by atoms with Gasteiger partial charge in [-0.1, -0.05) is 0 Å². The molecule has 1 atom stereocenters. The van der Waals surface area contributed by atoms with Crippen molar-refractivity contribution in [1.29, 1.82) is 0 Å². The number of halogens is 3. The Kier molecular flexibility index (Phi) is 4.99. The predicted octanol–water partition coefficient (Wildman–Crippen LogP) is 2.28. The van der Waals surface area contributed by atoms with Gasteiger partial charge >= 0.3 is 6.18 Å². The number of rotatable bonds is 6. The third kappa shape index (κ3) is 5.72. The molecule has 98 valence electrons. The van der Waals surface area contributed by atoms with Crippen LogP contribution in [0.3, 0.4) is 0 Å². The Morgan fingerprint density at radius 2 is 2.12 bits per heavy atom. The van der Waals surface area contributed by atoms with E-state index in [9.17, 15) is 13.2 Å². The second-order valence-corrected chi connectivity index (χ2v) is 4.20. The lowest BCUT2D eigenvalue weighted by molar-refractivity contribution is -0.136. The van der Waals surface area contributed by atoms with Crippen molar-refractivity contribution in [1.82, 2.24) is 15.1 Å². The van der Waals surface area contributed by atoms with Crippen LogP contribution in [0.1, 0.15) is 24.8 Å². The van der Waals surface area contributed by atoms with E-state index >= 15 is 0 Å². The van der Waals surface area contributed by atoms with Crippen LogP contribution < -0.4 is 5.32 Å². The summed E-state index contributed by atoms with van der Waals surface area (Å²) in [5.41, 5.74) is 1.06. The molecule has 0 saturated carbocycles. The van der Waals surface area contributed by atoms with Crippen LogP contribution in [-0.4, -0.2) is 29.0 Å². The minimum Gasteiger partial charge on any atom is -0.317 e. The molecule has 1 aromatic rings. The molecule has 1 N–H and O–H groups in total. The highest BCUT2D eigenvalue weighted by molar-refractivity contribution is 5.03. The molecule has 17 heavy (non-hydrogen) atoms. The Hall–Kier alpha value is -1.04. The van der Waals surface area contributed by atoms with Crippen LogP contribution in [0.25, 0.3) is 0 Å². The average Bonchev–Trinajstić information content (AvgIpc) is 2.63. The fourth-order valence-electron chi connectivity index (χ4n) is 1.71. The summed E-state index contributed by atoms with van der Waals surface area (Å²) in [5.74, 6) is 0. The highest BCUT2D eigenvalue weighted by Gasteiger charge is 2.27. The van der Waals surface area contributed by atoms with Gasteiger partial charge in [0.2, 0.25) is 0 Å². The Balaban J connectivity index is 2.32. The van der Waals surface area contributed by atoms with Gasteiger partial charge in [0, 0.05) is 25.7 Å². The summed E-state index contributed by atoms with van der Waals surface area (Å²) in [4.78, 5) is 0. The predicted molar refractivity (Wildman–Crippen MR) is 59.7 cm³/mol. The molecule has 0 radical (unpaired) electrons. The van der Waals surface area contributed by atoms with Crippen molar-refractivity contribution in [3.63, 3.8) is 0 Å². The molecule has 1 heterocycles. The van der Waals surface area contributed by atoms with Gasteiger partial charge in [-0.3, -0.25) is 4.68 Å². The molecule has 0 bridgehead atoms. The van der Waals surface area contributed by atoms with E-state index in [4.69, 9.17) is 0 Å². The molecule has 0 fully saturated rings. The third-order valence-electron chi connectivity index (χ3n) is 2.72. The van der Waals surface area contributed by atoms with Crippen LogP contribution in [0.15, 0.2) is 12.4 Å². The van der Waals surface area contributed by atoms with Crippen molar-refractivity contribution in [3.05, 3.63) is 18.0 Å². The van der Waals surface area contributed by atoms with E-state index in [2.05, 4.69) is 10.4 Å². The quantitative estimate of drug-likeness (QED) is 0.838. The first kappa shape index (κ1) is 14.0. The van der Waals surface area contributed by atoms with Crippen molar-refractivity contribution in [2.24, 2.45) is 7.05 Å². The topological polar surface area (TPSA) is 29.9 Å². The first-order valence-electron chi connectivity index (χ1n) is 5.62. The fraction of sp³-hybridized carbons (Fsp3) is 0.727. The number of aromatic nitrogens is 2. The Bertz CT molecular complexity index is 333. The van der Waals surface area contributed by atoms with Gasteiger partial charge < -0.3 is 5.32 Å². The van der Waals surface area contributed by atoms with Gasteiger partial charge in [0.1, 0.15) is 0 Å². The molecular weight excluding hydrogens is 231 g/mol. The number of nitrogens with one attached hydrogen (secondary N) is 1. The van der Waals surface area contributed by atoms with E-state index in [0.717, 1.165) is 12.0 Å². The molecule has 0 amide bonds. The van der Waals surface area contributed by atoms with Gasteiger partial charge in [0.05, 0.1) is 6.20 Å².